The minimum absolute atomic E-state index is 0.0311. The number of rotatable bonds is 34. The standard InChI is InChI=1S/C39H72O4/c1-3-5-7-9-11-13-15-17-19-21-23-25-27-29-31-41-35-38-33-37(40)34-39(43-38)36-42-32-30-28-26-24-22-20-18-16-14-12-10-8-6-4-2/h33-34H,3-32,35-36H2,1-2H3. The van der Waals surface area contributed by atoms with E-state index in [0.29, 0.717) is 24.7 Å². The minimum atomic E-state index is -0.0311. The summed E-state index contributed by atoms with van der Waals surface area (Å²) >= 11 is 0. The van der Waals surface area contributed by atoms with Crippen molar-refractivity contribution in [2.75, 3.05) is 13.2 Å². The van der Waals surface area contributed by atoms with Crippen LogP contribution in [-0.2, 0) is 22.7 Å². The zero-order chi connectivity index (χ0) is 30.9. The van der Waals surface area contributed by atoms with E-state index in [1.165, 1.54) is 167 Å². The summed E-state index contributed by atoms with van der Waals surface area (Å²) in [4.78, 5) is 12.1. The molecule has 0 aliphatic rings. The Morgan fingerprint density at radius 3 is 0.953 bits per heavy atom. The van der Waals surface area contributed by atoms with Crippen LogP contribution in [0.2, 0.25) is 0 Å². The van der Waals surface area contributed by atoms with Crippen LogP contribution in [0, 0.1) is 0 Å². The fourth-order valence-corrected chi connectivity index (χ4v) is 5.87. The zero-order valence-corrected chi connectivity index (χ0v) is 28.9. The Morgan fingerprint density at radius 2 is 0.674 bits per heavy atom. The summed E-state index contributed by atoms with van der Waals surface area (Å²) in [5, 5.41) is 0. The Hall–Kier alpha value is -1.13. The zero-order valence-electron chi connectivity index (χ0n) is 28.9. The van der Waals surface area contributed by atoms with Gasteiger partial charge in [0.25, 0.3) is 0 Å². The predicted octanol–water partition coefficient (Wildman–Crippen LogP) is 12.6. The maximum Gasteiger partial charge on any atom is 0.185 e. The van der Waals surface area contributed by atoms with E-state index in [4.69, 9.17) is 13.9 Å². The normalized spacial score (nSPS) is 11.5. The van der Waals surface area contributed by atoms with Crippen LogP contribution in [-0.4, -0.2) is 13.2 Å². The molecule has 0 saturated heterocycles. The lowest BCUT2D eigenvalue weighted by Crippen LogP contribution is -2.06. The molecule has 0 fully saturated rings. The molecule has 43 heavy (non-hydrogen) atoms. The fraction of sp³-hybridized carbons (Fsp3) is 0.872. The van der Waals surface area contributed by atoms with E-state index in [-0.39, 0.29) is 5.43 Å². The molecular weight excluding hydrogens is 532 g/mol. The first-order valence-corrected chi connectivity index (χ1v) is 19.0. The van der Waals surface area contributed by atoms with Crippen molar-refractivity contribution in [1.82, 2.24) is 0 Å². The number of unbranched alkanes of at least 4 members (excludes halogenated alkanes) is 26. The van der Waals surface area contributed by atoms with E-state index in [1.54, 1.807) is 12.1 Å². The van der Waals surface area contributed by atoms with Gasteiger partial charge in [-0.3, -0.25) is 4.79 Å². The average Bonchev–Trinajstić information content (AvgIpc) is 3.00. The van der Waals surface area contributed by atoms with Crippen molar-refractivity contribution >= 4 is 0 Å². The summed E-state index contributed by atoms with van der Waals surface area (Å²) < 4.78 is 17.5. The van der Waals surface area contributed by atoms with E-state index in [0.717, 1.165) is 26.1 Å². The Balaban J connectivity index is 1.91. The quantitative estimate of drug-likeness (QED) is 0.0734. The lowest BCUT2D eigenvalue weighted by molar-refractivity contribution is 0.0830. The van der Waals surface area contributed by atoms with Gasteiger partial charge in [-0.05, 0) is 12.8 Å². The molecule has 1 rings (SSSR count). The van der Waals surface area contributed by atoms with Gasteiger partial charge in [-0.1, -0.05) is 181 Å². The molecule has 0 aliphatic carbocycles. The second-order valence-corrected chi connectivity index (χ2v) is 13.0. The van der Waals surface area contributed by atoms with E-state index < -0.39 is 0 Å². The Morgan fingerprint density at radius 1 is 0.419 bits per heavy atom. The molecule has 0 unspecified atom stereocenters. The fourth-order valence-electron chi connectivity index (χ4n) is 5.87. The third-order valence-electron chi connectivity index (χ3n) is 8.64. The van der Waals surface area contributed by atoms with Crippen molar-refractivity contribution in [3.63, 3.8) is 0 Å². The molecule has 1 heterocycles. The lowest BCUT2D eigenvalue weighted by atomic mass is 10.0. The number of hydrogen-bond acceptors (Lipinski definition) is 4. The first kappa shape index (κ1) is 39.9. The molecule has 0 amide bonds. The molecule has 0 saturated carbocycles. The van der Waals surface area contributed by atoms with Gasteiger partial charge in [-0.25, -0.2) is 0 Å². The smallest absolute Gasteiger partial charge is 0.185 e. The summed E-state index contributed by atoms with van der Waals surface area (Å²) in [6.45, 7) is 6.74. The van der Waals surface area contributed by atoms with Crippen molar-refractivity contribution < 1.29 is 13.9 Å². The monoisotopic (exact) mass is 605 g/mol. The van der Waals surface area contributed by atoms with Crippen molar-refractivity contribution in [2.24, 2.45) is 0 Å². The Labute approximate surface area is 267 Å². The largest absolute Gasteiger partial charge is 0.461 e. The molecule has 252 valence electrons. The topological polar surface area (TPSA) is 48.7 Å². The molecule has 0 aliphatic heterocycles. The highest BCUT2D eigenvalue weighted by Crippen LogP contribution is 2.15. The average molecular weight is 605 g/mol. The summed E-state index contributed by atoms with van der Waals surface area (Å²) in [7, 11) is 0. The highest BCUT2D eigenvalue weighted by Gasteiger charge is 2.04. The maximum atomic E-state index is 12.1. The van der Waals surface area contributed by atoms with Crippen LogP contribution >= 0.6 is 0 Å². The summed E-state index contributed by atoms with van der Waals surface area (Å²) in [5.41, 5.74) is -0.0311. The molecule has 0 spiro atoms. The van der Waals surface area contributed by atoms with Gasteiger partial charge in [-0.2, -0.15) is 0 Å². The van der Waals surface area contributed by atoms with E-state index in [1.807, 2.05) is 0 Å². The van der Waals surface area contributed by atoms with E-state index in [9.17, 15) is 4.79 Å². The molecule has 4 nitrogen and oxygen atoms in total. The van der Waals surface area contributed by atoms with Crippen LogP contribution < -0.4 is 5.43 Å². The SMILES string of the molecule is CCCCCCCCCCCCCCCCOCc1cc(=O)cc(COCCCCCCCCCCCCCCCC)o1. The van der Waals surface area contributed by atoms with Gasteiger partial charge in [-0.15, -0.1) is 0 Å². The molecule has 0 bridgehead atoms. The summed E-state index contributed by atoms with van der Waals surface area (Å²) in [6, 6.07) is 3.09. The maximum absolute atomic E-state index is 12.1. The van der Waals surface area contributed by atoms with Gasteiger partial charge < -0.3 is 13.9 Å². The minimum Gasteiger partial charge on any atom is -0.461 e. The van der Waals surface area contributed by atoms with Gasteiger partial charge in [0.15, 0.2) is 5.43 Å². The first-order chi connectivity index (χ1) is 21.3. The Bertz CT molecular complexity index is 686. The van der Waals surface area contributed by atoms with Crippen LogP contribution in [0.4, 0.5) is 0 Å². The van der Waals surface area contributed by atoms with Crippen molar-refractivity contribution in [2.45, 2.75) is 207 Å². The molecule has 0 radical (unpaired) electrons. The molecule has 1 aromatic rings. The van der Waals surface area contributed by atoms with Crippen LogP contribution in [0.25, 0.3) is 0 Å². The first-order valence-electron chi connectivity index (χ1n) is 19.0. The van der Waals surface area contributed by atoms with Crippen molar-refractivity contribution in [1.29, 1.82) is 0 Å². The van der Waals surface area contributed by atoms with Crippen LogP contribution in [0.5, 0.6) is 0 Å². The van der Waals surface area contributed by atoms with Crippen LogP contribution in [0.15, 0.2) is 21.3 Å². The van der Waals surface area contributed by atoms with Gasteiger partial charge in [0.2, 0.25) is 0 Å². The molecule has 0 atom stereocenters. The van der Waals surface area contributed by atoms with Crippen molar-refractivity contribution in [3.05, 3.63) is 33.9 Å². The summed E-state index contributed by atoms with van der Waals surface area (Å²) in [5.74, 6) is 1.21. The second kappa shape index (κ2) is 32.3. The van der Waals surface area contributed by atoms with Gasteiger partial charge in [0, 0.05) is 25.3 Å². The van der Waals surface area contributed by atoms with Gasteiger partial charge >= 0.3 is 0 Å². The predicted molar refractivity (Wildman–Crippen MR) is 185 cm³/mol. The third kappa shape index (κ3) is 28.1. The van der Waals surface area contributed by atoms with Gasteiger partial charge in [0.1, 0.15) is 24.7 Å². The van der Waals surface area contributed by atoms with E-state index >= 15 is 0 Å². The number of ether oxygens (including phenoxy) is 2. The number of hydrogen-bond donors (Lipinski definition) is 0. The van der Waals surface area contributed by atoms with Crippen LogP contribution in [0.1, 0.15) is 205 Å². The van der Waals surface area contributed by atoms with Gasteiger partial charge in [0.05, 0.1) is 0 Å². The van der Waals surface area contributed by atoms with Crippen LogP contribution in [0.3, 0.4) is 0 Å². The molecule has 0 N–H and O–H groups in total. The second-order valence-electron chi connectivity index (χ2n) is 13.0. The molecule has 0 aromatic carbocycles. The highest BCUT2D eigenvalue weighted by atomic mass is 16.5. The molecular formula is C39H72O4. The third-order valence-corrected chi connectivity index (χ3v) is 8.64. The molecule has 1 aromatic heterocycles. The van der Waals surface area contributed by atoms with Crippen molar-refractivity contribution in [3.8, 4) is 0 Å². The lowest BCUT2D eigenvalue weighted by Gasteiger charge is -2.07. The summed E-state index contributed by atoms with van der Waals surface area (Å²) in [6.07, 6.45) is 38.0. The Kier molecular flexibility index (Phi) is 29.9. The van der Waals surface area contributed by atoms with E-state index in [2.05, 4.69) is 13.8 Å². The highest BCUT2D eigenvalue weighted by molar-refractivity contribution is 5.05. The molecule has 4 heteroatoms.